The number of anilines is 1. The molecule has 0 radical (unpaired) electrons. The molecule has 0 bridgehead atoms. The number of carbonyl (C=O) groups excluding carboxylic acids is 1. The van der Waals surface area contributed by atoms with Gasteiger partial charge in [-0.2, -0.15) is 5.10 Å². The molecule has 0 fully saturated rings. The molecule has 9 nitrogen and oxygen atoms in total. The summed E-state index contributed by atoms with van der Waals surface area (Å²) in [5.41, 5.74) is 0.221. The third kappa shape index (κ3) is 3.68. The largest absolute Gasteiger partial charge is 0.476 e. The van der Waals surface area contributed by atoms with Crippen molar-refractivity contribution in [3.63, 3.8) is 0 Å². The van der Waals surface area contributed by atoms with E-state index in [1.165, 1.54) is 41.1 Å². The van der Waals surface area contributed by atoms with Gasteiger partial charge in [0.05, 0.1) is 12.1 Å². The zero-order valence-corrected chi connectivity index (χ0v) is 13.0. The number of benzene rings is 1. The van der Waals surface area contributed by atoms with Crippen LogP contribution in [0.15, 0.2) is 36.8 Å². The average molecular weight is 344 g/mol. The zero-order chi connectivity index (χ0) is 18.0. The van der Waals surface area contributed by atoms with Crippen LogP contribution in [-0.4, -0.2) is 41.5 Å². The minimum absolute atomic E-state index is 0.00148. The SMILES string of the molecule is Cn1cc(C(=O)Nc2ncn(Cc3cccc(F)c3)n2)c(C(=O)O)n1. The summed E-state index contributed by atoms with van der Waals surface area (Å²) in [7, 11) is 1.51. The van der Waals surface area contributed by atoms with Crippen molar-refractivity contribution >= 4 is 17.8 Å². The zero-order valence-electron chi connectivity index (χ0n) is 13.0. The maximum absolute atomic E-state index is 13.2. The van der Waals surface area contributed by atoms with Crippen LogP contribution in [0.1, 0.15) is 26.4 Å². The van der Waals surface area contributed by atoms with Crippen LogP contribution in [0.4, 0.5) is 10.3 Å². The Morgan fingerprint density at radius 1 is 1.32 bits per heavy atom. The Labute approximate surface area is 140 Å². The van der Waals surface area contributed by atoms with E-state index < -0.39 is 11.9 Å². The quantitative estimate of drug-likeness (QED) is 0.717. The van der Waals surface area contributed by atoms with Crippen molar-refractivity contribution in [3.05, 3.63) is 59.4 Å². The van der Waals surface area contributed by atoms with Gasteiger partial charge in [0.1, 0.15) is 12.1 Å². The molecule has 1 amide bonds. The lowest BCUT2D eigenvalue weighted by molar-refractivity contribution is 0.0685. The minimum Gasteiger partial charge on any atom is -0.476 e. The Balaban J connectivity index is 1.73. The predicted octanol–water partition coefficient (Wildman–Crippen LogP) is 1.15. The van der Waals surface area contributed by atoms with Gasteiger partial charge >= 0.3 is 5.97 Å². The lowest BCUT2D eigenvalue weighted by Crippen LogP contribution is -2.16. The minimum atomic E-state index is -1.31. The molecule has 0 aliphatic carbocycles. The molecule has 25 heavy (non-hydrogen) atoms. The van der Waals surface area contributed by atoms with Crippen LogP contribution in [0, 0.1) is 5.82 Å². The summed E-state index contributed by atoms with van der Waals surface area (Å²) in [5, 5.41) is 19.2. The number of hydrogen-bond acceptors (Lipinski definition) is 5. The predicted molar refractivity (Wildman–Crippen MR) is 83.6 cm³/mol. The molecular weight excluding hydrogens is 331 g/mol. The molecule has 0 saturated carbocycles. The van der Waals surface area contributed by atoms with Crippen molar-refractivity contribution in [2.75, 3.05) is 5.32 Å². The van der Waals surface area contributed by atoms with Crippen LogP contribution in [0.25, 0.3) is 0 Å². The van der Waals surface area contributed by atoms with E-state index in [1.807, 2.05) is 0 Å². The smallest absolute Gasteiger partial charge is 0.357 e. The molecule has 2 aromatic heterocycles. The fourth-order valence-corrected chi connectivity index (χ4v) is 2.23. The molecule has 0 spiro atoms. The van der Waals surface area contributed by atoms with E-state index in [1.54, 1.807) is 12.1 Å². The molecule has 128 valence electrons. The van der Waals surface area contributed by atoms with Gasteiger partial charge in [-0.05, 0) is 17.7 Å². The Morgan fingerprint density at radius 2 is 2.12 bits per heavy atom. The van der Waals surface area contributed by atoms with Gasteiger partial charge < -0.3 is 5.11 Å². The normalized spacial score (nSPS) is 10.6. The van der Waals surface area contributed by atoms with Crippen LogP contribution in [-0.2, 0) is 13.6 Å². The van der Waals surface area contributed by atoms with Crippen molar-refractivity contribution < 1.29 is 19.1 Å². The second-order valence-corrected chi connectivity index (χ2v) is 5.22. The molecule has 0 atom stereocenters. The van der Waals surface area contributed by atoms with Gasteiger partial charge in [0.15, 0.2) is 5.69 Å². The van der Waals surface area contributed by atoms with Crippen LogP contribution in [0.2, 0.25) is 0 Å². The summed E-state index contributed by atoms with van der Waals surface area (Å²) in [6.45, 7) is 0.272. The lowest BCUT2D eigenvalue weighted by atomic mass is 10.2. The van der Waals surface area contributed by atoms with Crippen molar-refractivity contribution in [2.45, 2.75) is 6.54 Å². The summed E-state index contributed by atoms with van der Waals surface area (Å²) >= 11 is 0. The van der Waals surface area contributed by atoms with E-state index in [-0.39, 0.29) is 29.6 Å². The average Bonchev–Trinajstić information content (AvgIpc) is 3.14. The highest BCUT2D eigenvalue weighted by Gasteiger charge is 2.21. The topological polar surface area (TPSA) is 115 Å². The first-order valence-electron chi connectivity index (χ1n) is 7.14. The van der Waals surface area contributed by atoms with Crippen molar-refractivity contribution in [1.29, 1.82) is 0 Å². The van der Waals surface area contributed by atoms with Crippen LogP contribution < -0.4 is 5.32 Å². The number of hydrogen-bond donors (Lipinski definition) is 2. The van der Waals surface area contributed by atoms with E-state index in [2.05, 4.69) is 20.5 Å². The van der Waals surface area contributed by atoms with Crippen LogP contribution >= 0.6 is 0 Å². The standard InChI is InChI=1S/C15H13FN6O3/c1-21-7-11(12(19-21)14(24)25)13(23)18-15-17-8-22(20-15)6-9-3-2-4-10(16)5-9/h2-5,7-8H,6H2,1H3,(H,24,25)(H,18,20,23). The lowest BCUT2D eigenvalue weighted by Gasteiger charge is -2.01. The second kappa shape index (κ2) is 6.51. The Bertz CT molecular complexity index is 948. The number of rotatable bonds is 5. The molecule has 10 heteroatoms. The molecule has 0 unspecified atom stereocenters. The Morgan fingerprint density at radius 3 is 2.84 bits per heavy atom. The number of nitrogens with one attached hydrogen (secondary N) is 1. The number of aromatic carboxylic acids is 1. The maximum atomic E-state index is 13.2. The molecule has 0 aliphatic heterocycles. The molecular formula is C15H13FN6O3. The highest BCUT2D eigenvalue weighted by Crippen LogP contribution is 2.10. The van der Waals surface area contributed by atoms with Crippen LogP contribution in [0.5, 0.6) is 0 Å². The number of aryl methyl sites for hydroxylation is 1. The summed E-state index contributed by atoms with van der Waals surface area (Å²) in [4.78, 5) is 27.2. The van der Waals surface area contributed by atoms with E-state index in [0.717, 1.165) is 0 Å². The molecule has 3 aromatic rings. The number of halogens is 1. The summed E-state index contributed by atoms with van der Waals surface area (Å²) in [6.07, 6.45) is 2.67. The molecule has 0 saturated heterocycles. The third-order valence-electron chi connectivity index (χ3n) is 3.27. The number of amides is 1. The first kappa shape index (κ1) is 16.3. The maximum Gasteiger partial charge on any atom is 0.357 e. The number of carboxylic acids is 1. The van der Waals surface area contributed by atoms with Gasteiger partial charge in [0.25, 0.3) is 5.91 Å². The third-order valence-corrected chi connectivity index (χ3v) is 3.27. The van der Waals surface area contributed by atoms with Gasteiger partial charge in [-0.1, -0.05) is 12.1 Å². The first-order valence-corrected chi connectivity index (χ1v) is 7.14. The Kier molecular flexibility index (Phi) is 4.25. The molecule has 2 N–H and O–H groups in total. The monoisotopic (exact) mass is 344 g/mol. The van der Waals surface area contributed by atoms with Gasteiger partial charge in [-0.25, -0.2) is 18.9 Å². The summed E-state index contributed by atoms with van der Waals surface area (Å²) in [6, 6.07) is 6.02. The second-order valence-electron chi connectivity index (χ2n) is 5.22. The van der Waals surface area contributed by atoms with E-state index in [9.17, 15) is 14.0 Å². The highest BCUT2D eigenvalue weighted by atomic mass is 19.1. The van der Waals surface area contributed by atoms with Crippen molar-refractivity contribution in [3.8, 4) is 0 Å². The summed E-state index contributed by atoms with van der Waals surface area (Å²) < 4.78 is 15.8. The number of carbonyl (C=O) groups is 2. The number of carboxylic acid groups (broad SMARTS) is 1. The molecule has 1 aromatic carbocycles. The first-order chi connectivity index (χ1) is 11.9. The summed E-state index contributed by atoms with van der Waals surface area (Å²) in [5.74, 6) is -2.35. The highest BCUT2D eigenvalue weighted by molar-refractivity contribution is 6.09. The fourth-order valence-electron chi connectivity index (χ4n) is 2.23. The van der Waals surface area contributed by atoms with Gasteiger partial charge in [0, 0.05) is 13.2 Å². The van der Waals surface area contributed by atoms with Crippen LogP contribution in [0.3, 0.4) is 0 Å². The molecule has 0 aliphatic rings. The van der Waals surface area contributed by atoms with Gasteiger partial charge in [-0.3, -0.25) is 14.8 Å². The van der Waals surface area contributed by atoms with Crippen molar-refractivity contribution in [1.82, 2.24) is 24.5 Å². The van der Waals surface area contributed by atoms with E-state index >= 15 is 0 Å². The fraction of sp³-hybridized carbons (Fsp3) is 0.133. The van der Waals surface area contributed by atoms with Crippen molar-refractivity contribution in [2.24, 2.45) is 7.05 Å². The molecule has 2 heterocycles. The molecule has 3 rings (SSSR count). The van der Waals surface area contributed by atoms with Gasteiger partial charge in [-0.15, -0.1) is 5.10 Å². The number of nitrogens with zero attached hydrogens (tertiary/aromatic N) is 5. The van der Waals surface area contributed by atoms with E-state index in [4.69, 9.17) is 5.11 Å². The van der Waals surface area contributed by atoms with E-state index in [0.29, 0.717) is 5.56 Å². The number of aromatic nitrogens is 5. The van der Waals surface area contributed by atoms with Gasteiger partial charge in [0.2, 0.25) is 5.95 Å². The Hall–Kier alpha value is -3.56.